The monoisotopic (exact) mass is 283 g/mol. The van der Waals surface area contributed by atoms with E-state index in [1.807, 2.05) is 0 Å². The van der Waals surface area contributed by atoms with Crippen LogP contribution in [0, 0.1) is 20.2 Å². The van der Waals surface area contributed by atoms with Crippen LogP contribution in [0.4, 0.5) is 17.1 Å². The molecule has 0 saturated heterocycles. The highest BCUT2D eigenvalue weighted by Crippen LogP contribution is 2.37. The molecule has 0 aliphatic carbocycles. The van der Waals surface area contributed by atoms with E-state index in [4.69, 9.17) is 5.73 Å². The topological polar surface area (TPSA) is 137 Å². The molecule has 19 heavy (non-hydrogen) atoms. The first-order valence-corrected chi connectivity index (χ1v) is 5.99. The molecule has 0 atom stereocenters. The Kier molecular flexibility index (Phi) is 3.51. The molecule has 10 heteroatoms. The first-order valence-electron chi connectivity index (χ1n) is 5.17. The number of nitrogens with zero attached hydrogens (tertiary/aromatic N) is 3. The number of hydrogen-bond donors (Lipinski definition) is 2. The summed E-state index contributed by atoms with van der Waals surface area (Å²) >= 11 is 1.04. The number of hydrogen-bond acceptors (Lipinski definition) is 8. The molecule has 0 saturated carbocycles. The van der Waals surface area contributed by atoms with E-state index in [9.17, 15) is 20.2 Å². The van der Waals surface area contributed by atoms with Crippen molar-refractivity contribution >= 4 is 34.0 Å². The van der Waals surface area contributed by atoms with Crippen LogP contribution in [0.25, 0.3) is 0 Å². The number of nitrogen functional groups attached to an aromatic ring is 1. The molecule has 3 N–H and O–H groups in total. The predicted molar refractivity (Wildman–Crippen MR) is 70.3 cm³/mol. The van der Waals surface area contributed by atoms with Gasteiger partial charge >= 0.3 is 0 Å². The molecular formula is C9H9N5O4S. The predicted octanol–water partition coefficient (Wildman–Crippen LogP) is 1.14. The minimum absolute atomic E-state index is 0.114. The normalized spacial score (nSPS) is 13.8. The molecule has 1 heterocycles. The van der Waals surface area contributed by atoms with Crippen LogP contribution >= 0.6 is 11.8 Å². The second-order valence-electron chi connectivity index (χ2n) is 3.61. The van der Waals surface area contributed by atoms with Crippen LogP contribution < -0.4 is 11.1 Å². The maximum atomic E-state index is 11.0. The Morgan fingerprint density at radius 2 is 1.95 bits per heavy atom. The van der Waals surface area contributed by atoms with Gasteiger partial charge in [0.1, 0.15) is 5.69 Å². The van der Waals surface area contributed by atoms with Crippen molar-refractivity contribution in [3.8, 4) is 0 Å². The van der Waals surface area contributed by atoms with E-state index in [1.54, 1.807) is 0 Å². The van der Waals surface area contributed by atoms with Gasteiger partial charge < -0.3 is 11.1 Å². The van der Waals surface area contributed by atoms with Gasteiger partial charge in [-0.2, -0.15) is 0 Å². The Balaban J connectivity index is 2.44. The molecule has 100 valence electrons. The SMILES string of the molecule is Nc1cc(SC2=NCCN2)c([N+](=O)[O-])cc1[N+](=O)[O-]. The molecule has 1 aliphatic heterocycles. The van der Waals surface area contributed by atoms with Crippen molar-refractivity contribution in [3.63, 3.8) is 0 Å². The lowest BCUT2D eigenvalue weighted by molar-refractivity contribution is -0.395. The van der Waals surface area contributed by atoms with Crippen LogP contribution in [0.2, 0.25) is 0 Å². The second-order valence-corrected chi connectivity index (χ2v) is 4.64. The molecule has 0 bridgehead atoms. The summed E-state index contributed by atoms with van der Waals surface area (Å²) in [5, 5.41) is 25.1. The summed E-state index contributed by atoms with van der Waals surface area (Å²) in [5.41, 5.74) is 4.58. The minimum atomic E-state index is -0.748. The molecule has 1 aromatic carbocycles. The van der Waals surface area contributed by atoms with Gasteiger partial charge in [0, 0.05) is 6.54 Å². The van der Waals surface area contributed by atoms with E-state index in [0.717, 1.165) is 17.8 Å². The zero-order chi connectivity index (χ0) is 14.0. The van der Waals surface area contributed by atoms with E-state index in [0.29, 0.717) is 18.3 Å². The summed E-state index contributed by atoms with van der Waals surface area (Å²) in [6.45, 7) is 1.26. The molecule has 1 aliphatic rings. The molecule has 0 aromatic heterocycles. The summed E-state index contributed by atoms with van der Waals surface area (Å²) in [7, 11) is 0. The highest BCUT2D eigenvalue weighted by molar-refractivity contribution is 8.14. The maximum Gasteiger partial charge on any atom is 0.299 e. The Bertz CT molecular complexity index is 588. The fourth-order valence-corrected chi connectivity index (χ4v) is 2.47. The lowest BCUT2D eigenvalue weighted by Crippen LogP contribution is -2.15. The molecule has 0 unspecified atom stereocenters. The number of anilines is 1. The smallest absolute Gasteiger partial charge is 0.299 e. The first-order chi connectivity index (χ1) is 8.99. The van der Waals surface area contributed by atoms with Crippen LogP contribution in [0.1, 0.15) is 0 Å². The lowest BCUT2D eigenvalue weighted by Gasteiger charge is -2.05. The highest BCUT2D eigenvalue weighted by Gasteiger charge is 2.25. The third-order valence-corrected chi connectivity index (χ3v) is 3.37. The molecular weight excluding hydrogens is 274 g/mol. The van der Waals surface area contributed by atoms with Crippen LogP contribution in [-0.2, 0) is 0 Å². The van der Waals surface area contributed by atoms with Crippen molar-refractivity contribution in [2.45, 2.75) is 4.90 Å². The number of nitro benzene ring substituents is 2. The summed E-state index contributed by atoms with van der Waals surface area (Å²) < 4.78 is 0. The molecule has 9 nitrogen and oxygen atoms in total. The molecule has 0 radical (unpaired) electrons. The van der Waals surface area contributed by atoms with E-state index >= 15 is 0 Å². The fraction of sp³-hybridized carbons (Fsp3) is 0.222. The van der Waals surface area contributed by atoms with Gasteiger partial charge in [-0.1, -0.05) is 0 Å². The average Bonchev–Trinajstić information content (AvgIpc) is 2.81. The van der Waals surface area contributed by atoms with Crippen molar-refractivity contribution in [1.82, 2.24) is 5.32 Å². The number of nitro groups is 2. The zero-order valence-electron chi connectivity index (χ0n) is 9.53. The summed E-state index contributed by atoms with van der Waals surface area (Å²) in [6, 6.07) is 2.09. The highest BCUT2D eigenvalue weighted by atomic mass is 32.2. The van der Waals surface area contributed by atoms with Crippen molar-refractivity contribution in [2.75, 3.05) is 18.8 Å². The van der Waals surface area contributed by atoms with Gasteiger partial charge in [-0.25, -0.2) is 0 Å². The molecule has 0 fully saturated rings. The molecule has 2 rings (SSSR count). The van der Waals surface area contributed by atoms with Gasteiger partial charge in [0.25, 0.3) is 11.4 Å². The number of rotatable bonds is 3. The Hall–Kier alpha value is -2.36. The Morgan fingerprint density at radius 3 is 2.47 bits per heavy atom. The average molecular weight is 283 g/mol. The van der Waals surface area contributed by atoms with E-state index in [1.165, 1.54) is 6.07 Å². The standard InChI is InChI=1S/C9H9N5O4S/c10-5-3-8(19-9-11-1-2-12-9)7(14(17)18)4-6(5)13(15)16/h3-4H,1-2,10H2,(H,11,12). The number of thioether (sulfide) groups is 1. The van der Waals surface area contributed by atoms with Crippen LogP contribution in [-0.4, -0.2) is 28.1 Å². The number of benzene rings is 1. The van der Waals surface area contributed by atoms with E-state index in [-0.39, 0.29) is 16.3 Å². The van der Waals surface area contributed by atoms with Crippen LogP contribution in [0.15, 0.2) is 22.0 Å². The second kappa shape index (κ2) is 5.10. The van der Waals surface area contributed by atoms with Crippen LogP contribution in [0.5, 0.6) is 0 Å². The van der Waals surface area contributed by atoms with Crippen LogP contribution in [0.3, 0.4) is 0 Å². The van der Waals surface area contributed by atoms with Gasteiger partial charge in [0.2, 0.25) is 0 Å². The van der Waals surface area contributed by atoms with Gasteiger partial charge in [0.05, 0.1) is 27.4 Å². The zero-order valence-corrected chi connectivity index (χ0v) is 10.3. The van der Waals surface area contributed by atoms with Gasteiger partial charge in [0.15, 0.2) is 5.17 Å². The summed E-state index contributed by atoms with van der Waals surface area (Å²) in [5.74, 6) is 0. The van der Waals surface area contributed by atoms with Gasteiger partial charge in [-0.3, -0.25) is 25.2 Å². The molecule has 0 spiro atoms. The lowest BCUT2D eigenvalue weighted by atomic mass is 10.2. The number of aliphatic imine (C=N–C) groups is 1. The van der Waals surface area contributed by atoms with Crippen molar-refractivity contribution in [3.05, 3.63) is 32.4 Å². The largest absolute Gasteiger partial charge is 0.393 e. The molecule has 1 aromatic rings. The Labute approximate surface area is 111 Å². The number of nitrogens with one attached hydrogen (secondary N) is 1. The van der Waals surface area contributed by atoms with Crippen molar-refractivity contribution in [2.24, 2.45) is 4.99 Å². The third-order valence-electron chi connectivity index (χ3n) is 2.35. The quantitative estimate of drug-likeness (QED) is 0.482. The fourth-order valence-electron chi connectivity index (χ4n) is 1.50. The number of nitrogens with two attached hydrogens (primary N) is 1. The third kappa shape index (κ3) is 2.73. The van der Waals surface area contributed by atoms with Crippen molar-refractivity contribution < 1.29 is 9.85 Å². The minimum Gasteiger partial charge on any atom is -0.393 e. The molecule has 0 amide bonds. The maximum absolute atomic E-state index is 11.0. The van der Waals surface area contributed by atoms with Gasteiger partial charge in [-0.05, 0) is 17.8 Å². The first kappa shape index (κ1) is 13.1. The summed E-state index contributed by atoms with van der Waals surface area (Å²) in [6.07, 6.45) is 0. The Morgan fingerprint density at radius 1 is 1.26 bits per heavy atom. The van der Waals surface area contributed by atoms with Gasteiger partial charge in [-0.15, -0.1) is 0 Å². The summed E-state index contributed by atoms with van der Waals surface area (Å²) in [4.78, 5) is 24.6. The van der Waals surface area contributed by atoms with Crippen molar-refractivity contribution in [1.29, 1.82) is 0 Å². The number of amidine groups is 1. The van der Waals surface area contributed by atoms with E-state index in [2.05, 4.69) is 10.3 Å². The van der Waals surface area contributed by atoms with E-state index < -0.39 is 15.5 Å².